The number of benzene rings is 1. The molecule has 9 heteroatoms. The van der Waals surface area contributed by atoms with Crippen LogP contribution >= 0.6 is 24.8 Å². The number of amides is 1. The molecular weight excluding hydrogens is 437 g/mol. The number of hydrogen-bond donors (Lipinski definition) is 1. The Balaban J connectivity index is 0.00000136. The molecule has 0 unspecified atom stereocenters. The van der Waals surface area contributed by atoms with Crippen LogP contribution in [0.1, 0.15) is 27.8 Å². The molecule has 7 nitrogen and oxygen atoms in total. The number of fused-ring (bicyclic) bond motifs is 2. The molecule has 2 aliphatic heterocycles. The van der Waals surface area contributed by atoms with E-state index in [1.165, 1.54) is 0 Å². The first kappa shape index (κ1) is 23.3. The lowest BCUT2D eigenvalue weighted by Gasteiger charge is -2.28. The molecule has 166 valence electrons. The van der Waals surface area contributed by atoms with Gasteiger partial charge in [0.15, 0.2) is 5.65 Å². The predicted molar refractivity (Wildman–Crippen MR) is 124 cm³/mol. The van der Waals surface area contributed by atoms with Crippen molar-refractivity contribution in [2.75, 3.05) is 26.7 Å². The minimum atomic E-state index is 0. The van der Waals surface area contributed by atoms with Gasteiger partial charge >= 0.3 is 0 Å². The number of likely N-dealkylation sites (tertiary alicyclic amines) is 1. The topological polar surface area (TPSA) is 72.3 Å². The van der Waals surface area contributed by atoms with Crippen LogP contribution in [0.25, 0.3) is 11.2 Å². The molecule has 0 saturated carbocycles. The molecule has 2 saturated heterocycles. The van der Waals surface area contributed by atoms with Crippen LogP contribution in [-0.4, -0.2) is 52.1 Å². The number of nitrogens with one attached hydrogen (secondary N) is 1. The fraction of sp³-hybridized carbons (Fsp3) is 0.409. The predicted octanol–water partition coefficient (Wildman–Crippen LogP) is 3.16. The van der Waals surface area contributed by atoms with Crippen molar-refractivity contribution in [1.29, 1.82) is 0 Å². The van der Waals surface area contributed by atoms with E-state index in [0.29, 0.717) is 22.9 Å². The van der Waals surface area contributed by atoms with E-state index in [0.717, 1.165) is 42.4 Å². The van der Waals surface area contributed by atoms with E-state index in [2.05, 4.69) is 27.4 Å². The fourth-order valence-corrected chi connectivity index (χ4v) is 4.87. The maximum atomic E-state index is 13.7. The fourth-order valence-electron chi connectivity index (χ4n) is 4.87. The summed E-state index contributed by atoms with van der Waals surface area (Å²) in [6.45, 7) is 4.57. The van der Waals surface area contributed by atoms with Crippen LogP contribution in [-0.2, 0) is 7.05 Å². The highest BCUT2D eigenvalue weighted by atomic mass is 35.5. The molecule has 1 aromatic carbocycles. The Labute approximate surface area is 194 Å². The summed E-state index contributed by atoms with van der Waals surface area (Å²) in [5.41, 5.74) is 3.21. The van der Waals surface area contributed by atoms with Gasteiger partial charge in [0.25, 0.3) is 5.91 Å². The van der Waals surface area contributed by atoms with Crippen LogP contribution in [0.15, 0.2) is 36.5 Å². The van der Waals surface area contributed by atoms with Gasteiger partial charge in [-0.15, -0.1) is 24.8 Å². The second kappa shape index (κ2) is 9.02. The van der Waals surface area contributed by atoms with Gasteiger partial charge in [0.2, 0.25) is 0 Å². The number of carbonyl (C=O) groups is 1. The number of nitrogens with zero attached hydrogens (tertiary/aromatic N) is 4. The van der Waals surface area contributed by atoms with E-state index in [4.69, 9.17) is 4.74 Å². The number of methoxy groups -OCH3 is 1. The molecule has 31 heavy (non-hydrogen) atoms. The highest BCUT2D eigenvalue weighted by Crippen LogP contribution is 2.43. The normalized spacial score (nSPS) is 22.0. The van der Waals surface area contributed by atoms with Crippen LogP contribution in [0.3, 0.4) is 0 Å². The number of hydrogen-bond acceptors (Lipinski definition) is 5. The third-order valence-electron chi connectivity index (χ3n) is 6.49. The lowest BCUT2D eigenvalue weighted by atomic mass is 9.89. The summed E-state index contributed by atoms with van der Waals surface area (Å²) in [4.78, 5) is 24.8. The molecule has 2 aromatic heterocycles. The van der Waals surface area contributed by atoms with Gasteiger partial charge in [-0.3, -0.25) is 4.79 Å². The highest BCUT2D eigenvalue weighted by molar-refractivity contribution is 6.04. The molecule has 1 amide bonds. The molecule has 5 rings (SSSR count). The van der Waals surface area contributed by atoms with E-state index < -0.39 is 0 Å². The minimum Gasteiger partial charge on any atom is -0.497 e. The SMILES string of the molecule is COc1ccc([C@H]2[C@H]3CNC[C@H]3CN2C(=O)c2ccnc3c2nc(C)n3C)cc1.Cl.Cl. The molecule has 0 aliphatic carbocycles. The second-order valence-corrected chi connectivity index (χ2v) is 8.01. The second-order valence-electron chi connectivity index (χ2n) is 8.01. The standard InChI is InChI=1S/C22H25N5O2.2ClH/c1-13-25-19-17(8-9-24-21(19)26(13)2)22(28)27-12-15-10-23-11-18(15)20(27)14-4-6-16(29-3)7-5-14;;/h4-9,15,18,20,23H,10-12H2,1-3H3;2*1H/t15-,18-,20-;;/m0../s1. The number of imidazole rings is 1. The Morgan fingerprint density at radius 1 is 1.16 bits per heavy atom. The first-order valence-electron chi connectivity index (χ1n) is 10.0. The van der Waals surface area contributed by atoms with Crippen molar-refractivity contribution >= 4 is 41.9 Å². The summed E-state index contributed by atoms with van der Waals surface area (Å²) in [5, 5.41) is 3.50. The quantitative estimate of drug-likeness (QED) is 0.645. The van der Waals surface area contributed by atoms with Crippen LogP contribution in [0.5, 0.6) is 5.75 Å². The summed E-state index contributed by atoms with van der Waals surface area (Å²) < 4.78 is 7.24. The molecule has 1 N–H and O–H groups in total. The zero-order valence-corrected chi connectivity index (χ0v) is 19.4. The van der Waals surface area contributed by atoms with Crippen LogP contribution in [0, 0.1) is 18.8 Å². The smallest absolute Gasteiger partial charge is 0.256 e. The Morgan fingerprint density at radius 2 is 1.90 bits per heavy atom. The van der Waals surface area contributed by atoms with Gasteiger partial charge in [0.1, 0.15) is 17.1 Å². The highest BCUT2D eigenvalue weighted by Gasteiger charge is 2.47. The molecule has 0 radical (unpaired) electrons. The summed E-state index contributed by atoms with van der Waals surface area (Å²) in [5.74, 6) is 2.59. The molecule has 2 aliphatic rings. The monoisotopic (exact) mass is 463 g/mol. The van der Waals surface area contributed by atoms with Crippen LogP contribution in [0.4, 0.5) is 0 Å². The number of carbonyl (C=O) groups excluding carboxylic acids is 1. The Morgan fingerprint density at radius 3 is 2.61 bits per heavy atom. The van der Waals surface area contributed by atoms with Crippen LogP contribution < -0.4 is 10.1 Å². The third kappa shape index (κ3) is 3.75. The largest absolute Gasteiger partial charge is 0.497 e. The van der Waals surface area contributed by atoms with Gasteiger partial charge in [-0.25, -0.2) is 9.97 Å². The van der Waals surface area contributed by atoms with E-state index in [1.54, 1.807) is 19.4 Å². The maximum Gasteiger partial charge on any atom is 0.256 e. The number of rotatable bonds is 3. The van der Waals surface area contributed by atoms with Crippen LogP contribution in [0.2, 0.25) is 0 Å². The van der Waals surface area contributed by atoms with Crippen molar-refractivity contribution in [3.05, 3.63) is 53.5 Å². The first-order chi connectivity index (χ1) is 14.1. The molecule has 3 atom stereocenters. The van der Waals surface area contributed by atoms with Crippen molar-refractivity contribution in [3.8, 4) is 5.75 Å². The number of aromatic nitrogens is 3. The van der Waals surface area contributed by atoms with Crippen molar-refractivity contribution in [2.45, 2.75) is 13.0 Å². The average molecular weight is 464 g/mol. The molecule has 4 heterocycles. The summed E-state index contributed by atoms with van der Waals surface area (Å²) in [7, 11) is 3.60. The van der Waals surface area contributed by atoms with E-state index >= 15 is 0 Å². The van der Waals surface area contributed by atoms with Crippen molar-refractivity contribution in [3.63, 3.8) is 0 Å². The van der Waals surface area contributed by atoms with Crippen molar-refractivity contribution in [1.82, 2.24) is 24.8 Å². The zero-order valence-electron chi connectivity index (χ0n) is 17.7. The Bertz CT molecular complexity index is 1090. The average Bonchev–Trinajstić information content (AvgIpc) is 3.41. The number of halogens is 2. The summed E-state index contributed by atoms with van der Waals surface area (Å²) in [6, 6.07) is 9.95. The molecule has 0 spiro atoms. The van der Waals surface area contributed by atoms with E-state index in [9.17, 15) is 4.79 Å². The zero-order chi connectivity index (χ0) is 20.1. The van der Waals surface area contributed by atoms with E-state index in [-0.39, 0.29) is 36.8 Å². The van der Waals surface area contributed by atoms with Gasteiger partial charge in [0, 0.05) is 38.8 Å². The van der Waals surface area contributed by atoms with Gasteiger partial charge in [-0.2, -0.15) is 0 Å². The first-order valence-corrected chi connectivity index (χ1v) is 10.0. The summed E-state index contributed by atoms with van der Waals surface area (Å²) in [6.07, 6.45) is 1.71. The van der Waals surface area contributed by atoms with Gasteiger partial charge in [-0.1, -0.05) is 12.1 Å². The van der Waals surface area contributed by atoms with Crippen molar-refractivity contribution in [2.24, 2.45) is 18.9 Å². The summed E-state index contributed by atoms with van der Waals surface area (Å²) >= 11 is 0. The van der Waals surface area contributed by atoms with Gasteiger partial charge in [-0.05, 0) is 36.6 Å². The molecule has 2 fully saturated rings. The molecule has 0 bridgehead atoms. The minimum absolute atomic E-state index is 0. The number of ether oxygens (including phenoxy) is 1. The van der Waals surface area contributed by atoms with Gasteiger partial charge < -0.3 is 19.5 Å². The third-order valence-corrected chi connectivity index (χ3v) is 6.49. The Kier molecular flexibility index (Phi) is 6.79. The molecular formula is C22H27Cl2N5O2. The van der Waals surface area contributed by atoms with Crippen molar-refractivity contribution < 1.29 is 9.53 Å². The molecule has 3 aromatic rings. The lowest BCUT2D eigenvalue weighted by molar-refractivity contribution is 0.0716. The van der Waals surface area contributed by atoms with E-state index in [1.807, 2.05) is 35.6 Å². The maximum absolute atomic E-state index is 13.7. The number of aryl methyl sites for hydroxylation is 2. The van der Waals surface area contributed by atoms with Gasteiger partial charge in [0.05, 0.1) is 18.7 Å². The lowest BCUT2D eigenvalue weighted by Crippen LogP contribution is -2.34. The number of pyridine rings is 1. The Hall–Kier alpha value is -2.35.